The minimum Gasteiger partial charge on any atom is -1.00 e. The first-order valence-corrected chi connectivity index (χ1v) is 5.72. The van der Waals surface area contributed by atoms with Crippen molar-refractivity contribution in [3.05, 3.63) is 27.1 Å². The van der Waals surface area contributed by atoms with Crippen molar-refractivity contribution in [3.8, 4) is 0 Å². The van der Waals surface area contributed by atoms with Gasteiger partial charge in [-0.25, -0.2) is 0 Å². The van der Waals surface area contributed by atoms with Crippen LogP contribution in [0.1, 0.15) is 5.56 Å². The van der Waals surface area contributed by atoms with Gasteiger partial charge >= 0.3 is 5.69 Å². The first-order chi connectivity index (χ1) is 6.36. The Balaban J connectivity index is 0.00000196. The van der Waals surface area contributed by atoms with Crippen LogP contribution >= 0.6 is 15.9 Å². The average molecular weight is 314 g/mol. The van der Waals surface area contributed by atoms with Crippen LogP contribution in [-0.2, 0) is 10.1 Å². The molecule has 0 heterocycles. The van der Waals surface area contributed by atoms with E-state index in [2.05, 4.69) is 20.9 Å². The molecular weight excluding hydrogens is 308 g/mol. The maximum atomic E-state index is 10.9. The molecule has 1 N–H and O–H groups in total. The number of hydrogen-bond acceptors (Lipinski definition) is 3. The Kier molecular flexibility index (Phi) is 4.67. The Bertz CT molecular complexity index is 524. The number of rotatable bonds is 1. The van der Waals surface area contributed by atoms with Crippen molar-refractivity contribution in [1.29, 1.82) is 5.39 Å². The number of diazo groups is 1. The molecule has 0 spiro atoms. The van der Waals surface area contributed by atoms with Gasteiger partial charge in [-0.1, -0.05) is 0 Å². The summed E-state index contributed by atoms with van der Waals surface area (Å²) in [5, 5.41) is 8.48. The molecule has 1 rings (SSSR count). The van der Waals surface area contributed by atoms with E-state index in [1.54, 1.807) is 6.92 Å². The predicted octanol–water partition coefficient (Wildman–Crippen LogP) is -0.507. The topological polar surface area (TPSA) is 82.5 Å². The summed E-state index contributed by atoms with van der Waals surface area (Å²) in [6.07, 6.45) is 0. The molecule has 0 amide bonds. The summed E-state index contributed by atoms with van der Waals surface area (Å²) in [6.45, 7) is 1.62. The van der Waals surface area contributed by atoms with Gasteiger partial charge in [0, 0.05) is 10.5 Å². The van der Waals surface area contributed by atoms with E-state index in [4.69, 9.17) is 9.95 Å². The van der Waals surface area contributed by atoms with Crippen molar-refractivity contribution in [1.82, 2.24) is 0 Å². The van der Waals surface area contributed by atoms with Gasteiger partial charge in [0.1, 0.15) is 4.90 Å². The number of aryl methyl sites for hydroxylation is 1. The first kappa shape index (κ1) is 14.3. The average Bonchev–Trinajstić information content (AvgIpc) is 2.07. The number of nitrogens with zero attached hydrogens (tertiary/aromatic N) is 2. The van der Waals surface area contributed by atoms with Crippen molar-refractivity contribution >= 4 is 31.7 Å². The number of halogens is 2. The van der Waals surface area contributed by atoms with E-state index >= 15 is 0 Å². The lowest BCUT2D eigenvalue weighted by Gasteiger charge is -2.01. The highest BCUT2D eigenvalue weighted by atomic mass is 79.9. The van der Waals surface area contributed by atoms with Crippen LogP contribution in [0.4, 0.5) is 5.69 Å². The van der Waals surface area contributed by atoms with Crippen LogP contribution in [-0.4, -0.2) is 13.0 Å². The third-order valence-corrected chi connectivity index (χ3v) is 3.79. The molecule has 8 heteroatoms. The van der Waals surface area contributed by atoms with Gasteiger partial charge in [0.15, 0.2) is 4.98 Å². The van der Waals surface area contributed by atoms with Crippen LogP contribution in [0.15, 0.2) is 21.5 Å². The second kappa shape index (κ2) is 4.90. The summed E-state index contributed by atoms with van der Waals surface area (Å²) in [5.74, 6) is 0. The minimum absolute atomic E-state index is 0. The first-order valence-electron chi connectivity index (χ1n) is 3.49. The maximum Gasteiger partial charge on any atom is 0.386 e. The SMILES string of the molecule is Cc1cc([N+]#N)cc(S(=O)(=O)O)c1Br.[Cl-]. The van der Waals surface area contributed by atoms with Gasteiger partial charge < -0.3 is 12.4 Å². The van der Waals surface area contributed by atoms with Crippen molar-refractivity contribution in [2.75, 3.05) is 0 Å². The van der Waals surface area contributed by atoms with Gasteiger partial charge in [-0.3, -0.25) is 4.55 Å². The minimum atomic E-state index is -4.31. The van der Waals surface area contributed by atoms with E-state index in [0.29, 0.717) is 5.56 Å². The largest absolute Gasteiger partial charge is 1.00 e. The van der Waals surface area contributed by atoms with Gasteiger partial charge in [-0.05, 0) is 28.4 Å². The van der Waals surface area contributed by atoms with Gasteiger partial charge in [-0.15, -0.1) is 0 Å². The highest BCUT2D eigenvalue weighted by Gasteiger charge is 2.21. The highest BCUT2D eigenvalue weighted by Crippen LogP contribution is 2.30. The van der Waals surface area contributed by atoms with Crippen LogP contribution in [0.25, 0.3) is 4.98 Å². The van der Waals surface area contributed by atoms with E-state index in [1.807, 2.05) is 0 Å². The Hall–Kier alpha value is -0.680. The molecule has 0 aromatic heterocycles. The zero-order chi connectivity index (χ0) is 10.9. The molecule has 5 nitrogen and oxygen atoms in total. The van der Waals surface area contributed by atoms with Crippen molar-refractivity contribution in [2.45, 2.75) is 11.8 Å². The molecule has 0 fully saturated rings. The summed E-state index contributed by atoms with van der Waals surface area (Å²) in [5.41, 5.74) is 0.617. The highest BCUT2D eigenvalue weighted by molar-refractivity contribution is 9.10. The molecule has 82 valence electrons. The van der Waals surface area contributed by atoms with Crippen LogP contribution < -0.4 is 12.4 Å². The fourth-order valence-corrected chi connectivity index (χ4v) is 2.46. The lowest BCUT2D eigenvalue weighted by atomic mass is 10.2. The van der Waals surface area contributed by atoms with Crippen molar-refractivity contribution in [3.63, 3.8) is 0 Å². The Morgan fingerprint density at radius 2 is 2.00 bits per heavy atom. The van der Waals surface area contributed by atoms with Crippen LogP contribution in [0.2, 0.25) is 0 Å². The molecule has 0 radical (unpaired) electrons. The standard InChI is InChI=1S/C7H5BrN2O3S.ClH/c1-4-2-5(10-9)3-6(7(4)8)14(11,12)13;/h2-3H,1H3;1H. The molecule has 0 aliphatic carbocycles. The summed E-state index contributed by atoms with van der Waals surface area (Å²) in [4.78, 5) is 2.54. The molecule has 0 saturated heterocycles. The molecule has 0 atom stereocenters. The van der Waals surface area contributed by atoms with E-state index < -0.39 is 10.1 Å². The smallest absolute Gasteiger partial charge is 0.386 e. The third-order valence-electron chi connectivity index (χ3n) is 1.60. The second-order valence-electron chi connectivity index (χ2n) is 2.65. The number of benzene rings is 1. The molecule has 1 aromatic carbocycles. The zero-order valence-corrected chi connectivity index (χ0v) is 10.6. The van der Waals surface area contributed by atoms with Crippen LogP contribution in [0, 0.1) is 12.3 Å². The molecular formula is C7H6BrClN2O3S. The fraction of sp³-hybridized carbons (Fsp3) is 0.143. The Labute approximate surface area is 101 Å². The lowest BCUT2D eigenvalue weighted by Crippen LogP contribution is -3.00. The second-order valence-corrected chi connectivity index (χ2v) is 4.83. The third kappa shape index (κ3) is 3.14. The van der Waals surface area contributed by atoms with Gasteiger partial charge in [0.25, 0.3) is 10.1 Å². The monoisotopic (exact) mass is 312 g/mol. The number of hydrogen-bond donors (Lipinski definition) is 1. The molecule has 15 heavy (non-hydrogen) atoms. The molecule has 0 bridgehead atoms. The summed E-state index contributed by atoms with van der Waals surface area (Å²) < 4.78 is 30.8. The predicted molar refractivity (Wildman–Crippen MR) is 53.4 cm³/mol. The van der Waals surface area contributed by atoms with Gasteiger partial charge in [0.2, 0.25) is 5.39 Å². The Morgan fingerprint density at radius 3 is 2.40 bits per heavy atom. The maximum absolute atomic E-state index is 10.9. The normalized spacial score (nSPS) is 10.3. The summed E-state index contributed by atoms with van der Waals surface area (Å²) in [7, 11) is -4.31. The molecule has 0 unspecified atom stereocenters. The van der Waals surface area contributed by atoms with Gasteiger partial charge in [0.05, 0.1) is 6.07 Å². The van der Waals surface area contributed by atoms with E-state index in [9.17, 15) is 8.42 Å². The Morgan fingerprint density at radius 1 is 1.47 bits per heavy atom. The lowest BCUT2D eigenvalue weighted by molar-refractivity contribution is -0.00000718. The zero-order valence-electron chi connectivity index (χ0n) is 7.48. The van der Waals surface area contributed by atoms with Crippen molar-refractivity contribution < 1.29 is 25.4 Å². The van der Waals surface area contributed by atoms with E-state index in [1.165, 1.54) is 6.07 Å². The van der Waals surface area contributed by atoms with E-state index in [0.717, 1.165) is 6.07 Å². The molecule has 0 aliphatic rings. The van der Waals surface area contributed by atoms with E-state index in [-0.39, 0.29) is 27.5 Å². The molecule has 0 aliphatic heterocycles. The van der Waals surface area contributed by atoms with Crippen LogP contribution in [0.3, 0.4) is 0 Å². The fourth-order valence-electron chi connectivity index (χ4n) is 0.964. The summed E-state index contributed by atoms with van der Waals surface area (Å²) in [6, 6.07) is 2.53. The quantitative estimate of drug-likeness (QED) is 0.559. The van der Waals surface area contributed by atoms with Gasteiger partial charge in [-0.2, -0.15) is 8.42 Å². The molecule has 1 aromatic rings. The summed E-state index contributed by atoms with van der Waals surface area (Å²) >= 11 is 3.02. The molecule has 0 saturated carbocycles. The van der Waals surface area contributed by atoms with Crippen molar-refractivity contribution in [2.24, 2.45) is 0 Å². The van der Waals surface area contributed by atoms with Crippen LogP contribution in [0.5, 0.6) is 0 Å².